The molecule has 0 saturated carbocycles. The summed E-state index contributed by atoms with van der Waals surface area (Å²) >= 11 is 5.96. The Balaban J connectivity index is 1.36. The zero-order valence-electron chi connectivity index (χ0n) is 25.0. The fourth-order valence-electron chi connectivity index (χ4n) is 7.25. The lowest BCUT2D eigenvalue weighted by Gasteiger charge is -2.18. The molecule has 47 heavy (non-hydrogen) atoms. The maximum atomic E-state index is 4.89. The third-order valence-corrected chi connectivity index (χ3v) is 11.1. The van der Waals surface area contributed by atoms with Crippen LogP contribution in [-0.4, -0.2) is 14.5 Å². The van der Waals surface area contributed by atoms with Crippen LogP contribution in [0.15, 0.2) is 150 Å². The van der Waals surface area contributed by atoms with E-state index in [-0.39, 0.29) is 0 Å². The summed E-state index contributed by atoms with van der Waals surface area (Å²) < 4.78 is 5.98. The van der Waals surface area contributed by atoms with E-state index in [1.165, 1.54) is 63.5 Å². The van der Waals surface area contributed by atoms with Crippen LogP contribution >= 0.6 is 27.3 Å². The molecule has 0 spiro atoms. The van der Waals surface area contributed by atoms with Gasteiger partial charge in [0, 0.05) is 57.3 Å². The van der Waals surface area contributed by atoms with Gasteiger partial charge in [-0.15, -0.1) is 11.3 Å². The van der Waals surface area contributed by atoms with E-state index in [0.29, 0.717) is 0 Å². The highest BCUT2D eigenvalue weighted by atomic mass is 79.9. The van der Waals surface area contributed by atoms with Crippen molar-refractivity contribution >= 4 is 90.8 Å². The molecule has 0 aliphatic rings. The number of hydrogen-bond acceptors (Lipinski definition) is 3. The standard InChI is InChI=1S/C42H24BrN3S/c43-34-22-33(36-23-35(44-24-45-36)25-10-2-1-3-11-25)40-31(41(34)46-37-16-8-6-14-28(37)29-15-7-9-17-38(29)46)19-18-30-32-20-26-12-4-5-13-27(26)21-39(32)47-42(30)40/h1-24H. The number of halogens is 1. The van der Waals surface area contributed by atoms with Gasteiger partial charge in [0.15, 0.2) is 0 Å². The van der Waals surface area contributed by atoms with Crippen LogP contribution in [0.1, 0.15) is 0 Å². The van der Waals surface area contributed by atoms with E-state index in [1.807, 2.05) is 29.5 Å². The highest BCUT2D eigenvalue weighted by Gasteiger charge is 2.22. The Morgan fingerprint density at radius 3 is 1.94 bits per heavy atom. The molecule has 5 heteroatoms. The van der Waals surface area contributed by atoms with Crippen molar-refractivity contribution in [3.8, 4) is 28.2 Å². The van der Waals surface area contributed by atoms with Gasteiger partial charge in [-0.25, -0.2) is 9.97 Å². The number of para-hydroxylation sites is 2. The van der Waals surface area contributed by atoms with Crippen LogP contribution in [0.25, 0.3) is 91.7 Å². The third-order valence-electron chi connectivity index (χ3n) is 9.35. The number of hydrogen-bond donors (Lipinski definition) is 0. The van der Waals surface area contributed by atoms with E-state index in [0.717, 1.165) is 32.7 Å². The summed E-state index contributed by atoms with van der Waals surface area (Å²) in [4.78, 5) is 9.56. The summed E-state index contributed by atoms with van der Waals surface area (Å²) in [6.07, 6.45) is 1.69. The highest BCUT2D eigenvalue weighted by molar-refractivity contribution is 9.10. The number of rotatable bonds is 3. The zero-order chi connectivity index (χ0) is 31.1. The minimum Gasteiger partial charge on any atom is -0.307 e. The number of benzene rings is 7. The molecule has 10 rings (SSSR count). The average molecular weight is 683 g/mol. The molecular weight excluding hydrogens is 658 g/mol. The van der Waals surface area contributed by atoms with Gasteiger partial charge in [0.1, 0.15) is 6.33 Å². The van der Waals surface area contributed by atoms with Crippen LogP contribution in [0.3, 0.4) is 0 Å². The Morgan fingerprint density at radius 2 is 1.17 bits per heavy atom. The summed E-state index contributed by atoms with van der Waals surface area (Å²) in [5, 5.41) is 9.91. The normalized spacial score (nSPS) is 11.9. The van der Waals surface area contributed by atoms with Gasteiger partial charge in [-0.2, -0.15) is 0 Å². The van der Waals surface area contributed by atoms with Crippen LogP contribution < -0.4 is 0 Å². The van der Waals surface area contributed by atoms with Gasteiger partial charge in [-0.3, -0.25) is 0 Å². The second-order valence-electron chi connectivity index (χ2n) is 11.9. The molecule has 7 aromatic carbocycles. The molecule has 0 saturated heterocycles. The van der Waals surface area contributed by atoms with Gasteiger partial charge in [-0.05, 0) is 63.1 Å². The molecule has 0 amide bonds. The number of aromatic nitrogens is 3. The Hall–Kier alpha value is -5.36. The highest BCUT2D eigenvalue weighted by Crippen LogP contribution is 2.48. The Morgan fingerprint density at radius 1 is 0.532 bits per heavy atom. The van der Waals surface area contributed by atoms with E-state index in [2.05, 4.69) is 147 Å². The smallest absolute Gasteiger partial charge is 0.116 e. The van der Waals surface area contributed by atoms with Crippen molar-refractivity contribution in [3.05, 3.63) is 150 Å². The molecule has 0 bridgehead atoms. The summed E-state index contributed by atoms with van der Waals surface area (Å²) in [5.41, 5.74) is 7.44. The van der Waals surface area contributed by atoms with E-state index < -0.39 is 0 Å². The fraction of sp³-hybridized carbons (Fsp3) is 0. The van der Waals surface area contributed by atoms with Gasteiger partial charge < -0.3 is 4.57 Å². The van der Waals surface area contributed by atoms with Crippen molar-refractivity contribution in [1.82, 2.24) is 14.5 Å². The first-order chi connectivity index (χ1) is 23.2. The SMILES string of the molecule is Brc1cc(-c2cc(-c3ccccc3)ncn2)c2c(ccc3c4cc5ccccc5cc4sc32)c1-n1c2ccccc2c2ccccc21. The first kappa shape index (κ1) is 26.8. The molecule has 3 aromatic heterocycles. The Kier molecular flexibility index (Phi) is 5.89. The predicted molar refractivity (Wildman–Crippen MR) is 203 cm³/mol. The van der Waals surface area contributed by atoms with E-state index >= 15 is 0 Å². The van der Waals surface area contributed by atoms with Crippen LogP contribution in [0.4, 0.5) is 0 Å². The Labute approximate surface area is 282 Å². The first-order valence-corrected chi connectivity index (χ1v) is 17.2. The lowest BCUT2D eigenvalue weighted by atomic mass is 9.96. The van der Waals surface area contributed by atoms with E-state index in [4.69, 9.17) is 4.98 Å². The largest absolute Gasteiger partial charge is 0.307 e. The summed E-state index contributed by atoms with van der Waals surface area (Å²) in [6, 6.07) is 50.1. The van der Waals surface area contributed by atoms with Gasteiger partial charge in [0.2, 0.25) is 0 Å². The second kappa shape index (κ2) is 10.3. The number of fused-ring (bicyclic) bond motifs is 9. The molecule has 3 heterocycles. The predicted octanol–water partition coefficient (Wildman–Crippen LogP) is 12.3. The van der Waals surface area contributed by atoms with Crippen molar-refractivity contribution in [2.24, 2.45) is 0 Å². The lowest BCUT2D eigenvalue weighted by molar-refractivity contribution is 1.17. The molecule has 0 radical (unpaired) electrons. The van der Waals surface area contributed by atoms with Crippen LogP contribution in [-0.2, 0) is 0 Å². The molecular formula is C42H24BrN3S. The van der Waals surface area contributed by atoms with Crippen molar-refractivity contribution in [2.75, 3.05) is 0 Å². The van der Waals surface area contributed by atoms with Gasteiger partial charge in [0.25, 0.3) is 0 Å². The summed E-state index contributed by atoms with van der Waals surface area (Å²) in [6.45, 7) is 0. The minimum atomic E-state index is 0.897. The second-order valence-corrected chi connectivity index (χ2v) is 13.8. The topological polar surface area (TPSA) is 30.7 Å². The zero-order valence-corrected chi connectivity index (χ0v) is 27.4. The minimum absolute atomic E-state index is 0.897. The van der Waals surface area contributed by atoms with Crippen LogP contribution in [0.2, 0.25) is 0 Å². The average Bonchev–Trinajstić information content (AvgIpc) is 3.66. The van der Waals surface area contributed by atoms with Gasteiger partial charge >= 0.3 is 0 Å². The molecule has 10 aromatic rings. The molecule has 0 unspecified atom stereocenters. The van der Waals surface area contributed by atoms with Crippen molar-refractivity contribution in [2.45, 2.75) is 0 Å². The lowest BCUT2D eigenvalue weighted by Crippen LogP contribution is -1.99. The van der Waals surface area contributed by atoms with Crippen molar-refractivity contribution in [1.29, 1.82) is 0 Å². The van der Waals surface area contributed by atoms with Crippen LogP contribution in [0.5, 0.6) is 0 Å². The van der Waals surface area contributed by atoms with Gasteiger partial charge in [-0.1, -0.05) is 103 Å². The molecule has 0 aliphatic heterocycles. The first-order valence-electron chi connectivity index (χ1n) is 15.6. The van der Waals surface area contributed by atoms with Gasteiger partial charge in [0.05, 0.1) is 28.1 Å². The molecule has 220 valence electrons. The maximum absolute atomic E-state index is 4.89. The van der Waals surface area contributed by atoms with Crippen molar-refractivity contribution < 1.29 is 0 Å². The van der Waals surface area contributed by atoms with Crippen molar-refractivity contribution in [3.63, 3.8) is 0 Å². The van der Waals surface area contributed by atoms with E-state index in [1.54, 1.807) is 6.33 Å². The quantitative estimate of drug-likeness (QED) is 0.186. The molecule has 0 aliphatic carbocycles. The number of nitrogens with zero attached hydrogens (tertiary/aromatic N) is 3. The molecule has 0 atom stereocenters. The fourth-order valence-corrected chi connectivity index (χ4v) is 9.16. The molecule has 0 fully saturated rings. The third kappa shape index (κ3) is 4.03. The summed E-state index contributed by atoms with van der Waals surface area (Å²) in [7, 11) is 0. The number of thiophene rings is 1. The van der Waals surface area contributed by atoms with E-state index in [9.17, 15) is 0 Å². The summed E-state index contributed by atoms with van der Waals surface area (Å²) in [5.74, 6) is 0. The Bertz CT molecular complexity index is 2810. The van der Waals surface area contributed by atoms with Crippen LogP contribution in [0, 0.1) is 0 Å². The monoisotopic (exact) mass is 681 g/mol. The molecule has 3 nitrogen and oxygen atoms in total. The maximum Gasteiger partial charge on any atom is 0.116 e. The molecule has 0 N–H and O–H groups in total.